The Morgan fingerprint density at radius 1 is 1.28 bits per heavy atom. The molecule has 1 aromatic rings. The lowest BCUT2D eigenvalue weighted by Gasteiger charge is -2.36. The third-order valence-electron chi connectivity index (χ3n) is 3.38. The van der Waals surface area contributed by atoms with Crippen LogP contribution in [0.1, 0.15) is 31.1 Å². The van der Waals surface area contributed by atoms with E-state index in [-0.39, 0.29) is 22.1 Å². The van der Waals surface area contributed by atoms with Crippen LogP contribution in [-0.4, -0.2) is 24.5 Å². The zero-order chi connectivity index (χ0) is 14.1. The topological polar surface area (TPSA) is 66.8 Å². The Kier molecular flexibility index (Phi) is 3.76. The Morgan fingerprint density at radius 2 is 1.83 bits per heavy atom. The minimum absolute atomic E-state index is 0.0152. The normalized spacial score (nSPS) is 12.3. The van der Waals surface area contributed by atoms with Crippen molar-refractivity contribution in [2.75, 3.05) is 0 Å². The van der Waals surface area contributed by atoms with Gasteiger partial charge < -0.3 is 14.6 Å². The highest BCUT2D eigenvalue weighted by Gasteiger charge is 2.39. The van der Waals surface area contributed by atoms with E-state index in [1.165, 1.54) is 18.2 Å². The summed E-state index contributed by atoms with van der Waals surface area (Å²) in [4.78, 5) is 10.9. The Labute approximate surface area is 108 Å². The van der Waals surface area contributed by atoms with Gasteiger partial charge in [0, 0.05) is 0 Å². The predicted octanol–water partition coefficient (Wildman–Crippen LogP) is 3.47. The molecule has 5 heteroatoms. The van der Waals surface area contributed by atoms with Gasteiger partial charge in [-0.1, -0.05) is 20.8 Å². The molecule has 1 rings (SSSR count). The predicted molar refractivity (Wildman–Crippen MR) is 72.9 cm³/mol. The first-order valence-corrected chi connectivity index (χ1v) is 8.71. The summed E-state index contributed by atoms with van der Waals surface area (Å²) in [5, 5.41) is 18.7. The molecule has 0 aliphatic heterocycles. The molecular formula is C13H20O4Si. The molecule has 2 N–H and O–H groups in total. The Hall–Kier alpha value is -1.49. The number of phenolic OH excluding ortho intramolecular Hbond substituents is 1. The summed E-state index contributed by atoms with van der Waals surface area (Å²) in [5.74, 6) is -0.804. The minimum atomic E-state index is -2.09. The molecule has 0 saturated heterocycles. The SMILES string of the molecule is CC(C)(C)[Si](C)(C)Oc1cc(C(=O)O)ccc1O. The fraction of sp³-hybridized carbons (Fsp3) is 0.462. The first-order chi connectivity index (χ1) is 8.04. The van der Waals surface area contributed by atoms with E-state index in [0.717, 1.165) is 0 Å². The molecule has 0 saturated carbocycles. The number of benzene rings is 1. The number of carboxylic acid groups (broad SMARTS) is 1. The molecule has 1 aromatic carbocycles. The summed E-state index contributed by atoms with van der Waals surface area (Å²) >= 11 is 0. The lowest BCUT2D eigenvalue weighted by Crippen LogP contribution is -2.43. The van der Waals surface area contributed by atoms with Gasteiger partial charge >= 0.3 is 5.97 Å². The summed E-state index contributed by atoms with van der Waals surface area (Å²) in [5.41, 5.74) is 0.113. The lowest BCUT2D eigenvalue weighted by molar-refractivity contribution is 0.0696. The van der Waals surface area contributed by atoms with Crippen molar-refractivity contribution in [2.45, 2.75) is 38.9 Å². The summed E-state index contributed by atoms with van der Waals surface area (Å²) < 4.78 is 5.91. The van der Waals surface area contributed by atoms with Gasteiger partial charge in [-0.15, -0.1) is 0 Å². The summed E-state index contributed by atoms with van der Waals surface area (Å²) in [6.45, 7) is 10.3. The Balaban J connectivity index is 3.11. The number of aromatic hydroxyl groups is 1. The van der Waals surface area contributed by atoms with Crippen LogP contribution in [0, 0.1) is 0 Å². The smallest absolute Gasteiger partial charge is 0.335 e. The van der Waals surface area contributed by atoms with Crippen LogP contribution in [0.3, 0.4) is 0 Å². The highest BCUT2D eigenvalue weighted by Crippen LogP contribution is 2.39. The zero-order valence-electron chi connectivity index (χ0n) is 11.4. The van der Waals surface area contributed by atoms with E-state index in [0.29, 0.717) is 0 Å². The molecule has 0 heterocycles. The number of aromatic carboxylic acids is 1. The highest BCUT2D eigenvalue weighted by atomic mass is 28.4. The van der Waals surface area contributed by atoms with E-state index >= 15 is 0 Å². The van der Waals surface area contributed by atoms with Crippen LogP contribution in [0.25, 0.3) is 0 Å². The first-order valence-electron chi connectivity index (χ1n) is 5.80. The van der Waals surface area contributed by atoms with Crippen LogP contribution in [0.4, 0.5) is 0 Å². The van der Waals surface area contributed by atoms with E-state index in [1.807, 2.05) is 13.1 Å². The second-order valence-electron chi connectivity index (χ2n) is 5.85. The third kappa shape index (κ3) is 3.04. The molecule has 0 amide bonds. The molecule has 0 aromatic heterocycles. The van der Waals surface area contributed by atoms with Crippen LogP contribution in [0.2, 0.25) is 18.1 Å². The van der Waals surface area contributed by atoms with Gasteiger partial charge in [0.05, 0.1) is 5.56 Å². The van der Waals surface area contributed by atoms with Crippen molar-refractivity contribution in [1.82, 2.24) is 0 Å². The maximum absolute atomic E-state index is 10.9. The van der Waals surface area contributed by atoms with Gasteiger partial charge in [-0.25, -0.2) is 4.79 Å². The van der Waals surface area contributed by atoms with E-state index in [4.69, 9.17) is 9.53 Å². The van der Waals surface area contributed by atoms with Crippen LogP contribution >= 0.6 is 0 Å². The van der Waals surface area contributed by atoms with Gasteiger partial charge in [-0.3, -0.25) is 0 Å². The van der Waals surface area contributed by atoms with E-state index in [2.05, 4.69) is 20.8 Å². The van der Waals surface area contributed by atoms with Crippen LogP contribution in [0.15, 0.2) is 18.2 Å². The number of carboxylic acids is 1. The Bertz CT molecular complexity index is 461. The average molecular weight is 268 g/mol. The number of phenols is 1. The third-order valence-corrected chi connectivity index (χ3v) is 7.72. The molecule has 4 nitrogen and oxygen atoms in total. The van der Waals surface area contributed by atoms with Crippen molar-refractivity contribution in [3.05, 3.63) is 23.8 Å². The van der Waals surface area contributed by atoms with Crippen LogP contribution < -0.4 is 4.43 Å². The van der Waals surface area contributed by atoms with Gasteiger partial charge in [-0.05, 0) is 36.3 Å². The van der Waals surface area contributed by atoms with Crippen molar-refractivity contribution in [3.8, 4) is 11.5 Å². The van der Waals surface area contributed by atoms with Crippen molar-refractivity contribution in [2.24, 2.45) is 0 Å². The zero-order valence-corrected chi connectivity index (χ0v) is 12.4. The standard InChI is InChI=1S/C13H20O4Si/c1-13(2,3)18(4,5)17-11-8-9(12(15)16)6-7-10(11)14/h6-8,14H,1-5H3,(H,15,16). The van der Waals surface area contributed by atoms with Crippen LogP contribution in [-0.2, 0) is 0 Å². The van der Waals surface area contributed by atoms with Crippen molar-refractivity contribution >= 4 is 14.3 Å². The van der Waals surface area contributed by atoms with Gasteiger partial charge in [0.2, 0.25) is 0 Å². The average Bonchev–Trinajstić information content (AvgIpc) is 2.18. The van der Waals surface area contributed by atoms with Crippen molar-refractivity contribution < 1.29 is 19.4 Å². The summed E-state index contributed by atoms with van der Waals surface area (Å²) in [6.07, 6.45) is 0. The van der Waals surface area contributed by atoms with E-state index in [9.17, 15) is 9.90 Å². The summed E-state index contributed by atoms with van der Waals surface area (Å²) in [6, 6.07) is 4.08. The molecule has 18 heavy (non-hydrogen) atoms. The van der Waals surface area contributed by atoms with Gasteiger partial charge in [0.1, 0.15) is 5.75 Å². The molecule has 100 valence electrons. The largest absolute Gasteiger partial charge is 0.541 e. The quantitative estimate of drug-likeness (QED) is 0.824. The van der Waals surface area contributed by atoms with E-state index < -0.39 is 14.3 Å². The van der Waals surface area contributed by atoms with Crippen molar-refractivity contribution in [3.63, 3.8) is 0 Å². The molecule has 0 unspecified atom stereocenters. The monoisotopic (exact) mass is 268 g/mol. The molecule has 0 radical (unpaired) electrons. The van der Waals surface area contributed by atoms with Gasteiger partial charge in [0.15, 0.2) is 5.75 Å². The molecule has 0 atom stereocenters. The maximum atomic E-state index is 10.9. The van der Waals surface area contributed by atoms with Crippen molar-refractivity contribution in [1.29, 1.82) is 0 Å². The number of hydrogen-bond acceptors (Lipinski definition) is 3. The Morgan fingerprint density at radius 3 is 2.28 bits per heavy atom. The number of rotatable bonds is 3. The molecule has 0 aliphatic rings. The second kappa shape index (κ2) is 4.64. The molecule has 0 spiro atoms. The second-order valence-corrected chi connectivity index (χ2v) is 10.6. The number of hydrogen-bond donors (Lipinski definition) is 2. The van der Waals surface area contributed by atoms with Gasteiger partial charge in [0.25, 0.3) is 8.32 Å². The molecule has 0 fully saturated rings. The highest BCUT2D eigenvalue weighted by molar-refractivity contribution is 6.74. The lowest BCUT2D eigenvalue weighted by atomic mass is 10.2. The fourth-order valence-corrected chi connectivity index (χ4v) is 2.18. The first kappa shape index (κ1) is 14.6. The molecule has 0 bridgehead atoms. The molecule has 0 aliphatic carbocycles. The van der Waals surface area contributed by atoms with Gasteiger partial charge in [-0.2, -0.15) is 0 Å². The summed E-state index contributed by atoms with van der Waals surface area (Å²) in [7, 11) is -2.09. The fourth-order valence-electron chi connectivity index (χ4n) is 1.16. The number of carbonyl (C=O) groups is 1. The minimum Gasteiger partial charge on any atom is -0.541 e. The maximum Gasteiger partial charge on any atom is 0.335 e. The molecular weight excluding hydrogens is 248 g/mol. The van der Waals surface area contributed by atoms with E-state index in [1.54, 1.807) is 0 Å². The van der Waals surface area contributed by atoms with Crippen LogP contribution in [0.5, 0.6) is 11.5 Å².